The average Bonchev–Trinajstić information content (AvgIpc) is 2.91. The Hall–Kier alpha value is -2.69. The van der Waals surface area contributed by atoms with Gasteiger partial charge in [0, 0.05) is 17.6 Å². The fraction of sp³-hybridized carbons (Fsp3) is 0.222. The molecule has 2 heterocycles. The first-order valence-corrected chi connectivity index (χ1v) is 7.47. The van der Waals surface area contributed by atoms with Crippen molar-refractivity contribution >= 4 is 11.6 Å². The van der Waals surface area contributed by atoms with Crippen LogP contribution in [0.2, 0.25) is 0 Å². The largest absolute Gasteiger partial charge is 0.345 e. The lowest BCUT2D eigenvalue weighted by Gasteiger charge is -2.14. The quantitative estimate of drug-likeness (QED) is 0.803. The van der Waals surface area contributed by atoms with Gasteiger partial charge in [-0.2, -0.15) is 0 Å². The smallest absolute Gasteiger partial charge is 0.255 e. The Bertz CT molecular complexity index is 868. The minimum atomic E-state index is -0.291. The van der Waals surface area contributed by atoms with Crippen LogP contribution in [-0.2, 0) is 0 Å². The number of aromatic nitrogens is 2. The van der Waals surface area contributed by atoms with Crippen LogP contribution >= 0.6 is 0 Å². The van der Waals surface area contributed by atoms with Crippen LogP contribution in [0.15, 0.2) is 42.6 Å². The summed E-state index contributed by atoms with van der Waals surface area (Å²) in [6.07, 6.45) is 1.84. The Morgan fingerprint density at radius 2 is 1.91 bits per heavy atom. The van der Waals surface area contributed by atoms with Crippen molar-refractivity contribution in [1.29, 1.82) is 0 Å². The number of hydrogen-bond donors (Lipinski definition) is 1. The molecular weight excluding hydrogens is 293 g/mol. The standard InChI is InChI=1S/C18H18FN3O/c1-11-10-12(2)22-9-8-16(17(22)20-11)18(23)21-13(3)14-4-6-15(19)7-5-14/h4-10,13H,1-3H3,(H,21,23)/t13-/m1/s1. The van der Waals surface area contributed by atoms with Gasteiger partial charge in [-0.1, -0.05) is 12.1 Å². The van der Waals surface area contributed by atoms with Gasteiger partial charge in [-0.15, -0.1) is 0 Å². The number of carbonyl (C=O) groups is 1. The van der Waals surface area contributed by atoms with Crippen molar-refractivity contribution in [2.24, 2.45) is 0 Å². The number of aryl methyl sites for hydroxylation is 2. The van der Waals surface area contributed by atoms with Crippen LogP contribution < -0.4 is 5.32 Å². The number of fused-ring (bicyclic) bond motifs is 1. The second-order valence-corrected chi connectivity index (χ2v) is 5.71. The van der Waals surface area contributed by atoms with Crippen molar-refractivity contribution < 1.29 is 9.18 Å². The summed E-state index contributed by atoms with van der Waals surface area (Å²) < 4.78 is 14.9. The van der Waals surface area contributed by atoms with Gasteiger partial charge in [0.2, 0.25) is 0 Å². The molecule has 5 heteroatoms. The molecule has 0 bridgehead atoms. The van der Waals surface area contributed by atoms with Crippen LogP contribution in [0.4, 0.5) is 4.39 Å². The van der Waals surface area contributed by atoms with Crippen molar-refractivity contribution in [2.75, 3.05) is 0 Å². The molecule has 4 nitrogen and oxygen atoms in total. The van der Waals surface area contributed by atoms with Gasteiger partial charge in [0.05, 0.1) is 11.6 Å². The number of hydrogen-bond acceptors (Lipinski definition) is 2. The maximum atomic E-state index is 13.0. The van der Waals surface area contributed by atoms with E-state index in [0.717, 1.165) is 17.0 Å². The van der Waals surface area contributed by atoms with Crippen molar-refractivity contribution in [1.82, 2.24) is 14.7 Å². The van der Waals surface area contributed by atoms with E-state index < -0.39 is 0 Å². The zero-order valence-corrected chi connectivity index (χ0v) is 13.3. The second kappa shape index (κ2) is 5.83. The molecule has 23 heavy (non-hydrogen) atoms. The molecule has 0 fully saturated rings. The van der Waals surface area contributed by atoms with Gasteiger partial charge in [0.25, 0.3) is 5.91 Å². The Balaban J connectivity index is 1.87. The molecule has 0 aliphatic carbocycles. The van der Waals surface area contributed by atoms with Crippen molar-refractivity contribution in [3.8, 4) is 0 Å². The lowest BCUT2D eigenvalue weighted by Crippen LogP contribution is -2.26. The molecule has 1 amide bonds. The van der Waals surface area contributed by atoms with E-state index in [4.69, 9.17) is 0 Å². The van der Waals surface area contributed by atoms with E-state index in [2.05, 4.69) is 10.3 Å². The van der Waals surface area contributed by atoms with Crippen molar-refractivity contribution in [3.63, 3.8) is 0 Å². The van der Waals surface area contributed by atoms with Gasteiger partial charge in [-0.05, 0) is 50.6 Å². The molecule has 0 aliphatic heterocycles. The third kappa shape index (κ3) is 2.95. The van der Waals surface area contributed by atoms with E-state index in [0.29, 0.717) is 11.2 Å². The number of rotatable bonds is 3. The van der Waals surface area contributed by atoms with E-state index in [9.17, 15) is 9.18 Å². The predicted molar refractivity (Wildman–Crippen MR) is 86.9 cm³/mol. The minimum absolute atomic E-state index is 0.193. The van der Waals surface area contributed by atoms with Crippen LogP contribution in [0, 0.1) is 19.7 Å². The molecule has 0 saturated carbocycles. The molecule has 0 spiro atoms. The third-order valence-corrected chi connectivity index (χ3v) is 3.90. The first-order chi connectivity index (χ1) is 11.0. The molecule has 118 valence electrons. The zero-order valence-electron chi connectivity index (χ0n) is 13.3. The highest BCUT2D eigenvalue weighted by Gasteiger charge is 2.16. The highest BCUT2D eigenvalue weighted by molar-refractivity contribution is 6.00. The molecule has 3 aromatic rings. The first-order valence-electron chi connectivity index (χ1n) is 7.47. The monoisotopic (exact) mass is 311 g/mol. The lowest BCUT2D eigenvalue weighted by atomic mass is 10.1. The van der Waals surface area contributed by atoms with Gasteiger partial charge in [-0.3, -0.25) is 4.79 Å². The Morgan fingerprint density at radius 3 is 2.61 bits per heavy atom. The van der Waals surface area contributed by atoms with Crippen LogP contribution in [0.1, 0.15) is 40.3 Å². The van der Waals surface area contributed by atoms with E-state index in [1.54, 1.807) is 18.2 Å². The van der Waals surface area contributed by atoms with Crippen LogP contribution in [0.3, 0.4) is 0 Å². The number of halogens is 1. The second-order valence-electron chi connectivity index (χ2n) is 5.71. The molecule has 0 unspecified atom stereocenters. The fourth-order valence-corrected chi connectivity index (χ4v) is 2.68. The van der Waals surface area contributed by atoms with Crippen LogP contribution in [0.5, 0.6) is 0 Å². The summed E-state index contributed by atoms with van der Waals surface area (Å²) in [5.74, 6) is -0.484. The summed E-state index contributed by atoms with van der Waals surface area (Å²) in [7, 11) is 0. The number of nitrogens with one attached hydrogen (secondary N) is 1. The lowest BCUT2D eigenvalue weighted by molar-refractivity contribution is 0.0941. The normalized spacial score (nSPS) is 12.3. The van der Waals surface area contributed by atoms with Crippen molar-refractivity contribution in [2.45, 2.75) is 26.8 Å². The summed E-state index contributed by atoms with van der Waals surface area (Å²) in [6, 6.07) is 9.64. The van der Waals surface area contributed by atoms with Gasteiger partial charge in [-0.25, -0.2) is 9.37 Å². The number of amides is 1. The fourth-order valence-electron chi connectivity index (χ4n) is 2.68. The SMILES string of the molecule is Cc1cc(C)n2ccc(C(=O)N[C@H](C)c3ccc(F)cc3)c2n1. The molecule has 2 aromatic heterocycles. The maximum absolute atomic E-state index is 13.0. The van der Waals surface area contributed by atoms with Gasteiger partial charge in [0.1, 0.15) is 11.5 Å². The highest BCUT2D eigenvalue weighted by Crippen LogP contribution is 2.17. The Labute approximate surface area is 134 Å². The molecule has 0 radical (unpaired) electrons. The van der Waals surface area contributed by atoms with Gasteiger partial charge < -0.3 is 9.72 Å². The summed E-state index contributed by atoms with van der Waals surface area (Å²) >= 11 is 0. The summed E-state index contributed by atoms with van der Waals surface area (Å²) in [5.41, 5.74) is 3.92. The van der Waals surface area contributed by atoms with E-state index >= 15 is 0 Å². The van der Waals surface area contributed by atoms with Gasteiger partial charge in [0.15, 0.2) is 0 Å². The van der Waals surface area contributed by atoms with E-state index in [1.165, 1.54) is 12.1 Å². The summed E-state index contributed by atoms with van der Waals surface area (Å²) in [4.78, 5) is 17.0. The van der Waals surface area contributed by atoms with Crippen LogP contribution in [-0.4, -0.2) is 15.3 Å². The number of benzene rings is 1. The minimum Gasteiger partial charge on any atom is -0.345 e. The molecule has 1 N–H and O–H groups in total. The predicted octanol–water partition coefficient (Wildman–Crippen LogP) is 3.58. The van der Waals surface area contributed by atoms with Crippen LogP contribution in [0.25, 0.3) is 5.65 Å². The van der Waals surface area contributed by atoms with E-state index in [-0.39, 0.29) is 17.8 Å². The average molecular weight is 311 g/mol. The molecule has 3 rings (SSSR count). The third-order valence-electron chi connectivity index (χ3n) is 3.90. The molecular formula is C18H18FN3O. The summed E-state index contributed by atoms with van der Waals surface area (Å²) in [5, 5.41) is 2.93. The molecule has 1 aromatic carbocycles. The zero-order chi connectivity index (χ0) is 16.6. The number of carbonyl (C=O) groups excluding carboxylic acids is 1. The number of nitrogens with zero attached hydrogens (tertiary/aromatic N) is 2. The maximum Gasteiger partial charge on any atom is 0.255 e. The topological polar surface area (TPSA) is 46.4 Å². The Kier molecular flexibility index (Phi) is 3.86. The molecule has 0 saturated heterocycles. The Morgan fingerprint density at radius 1 is 1.22 bits per heavy atom. The van der Waals surface area contributed by atoms with Crippen molar-refractivity contribution in [3.05, 3.63) is 70.9 Å². The molecule has 0 aliphatic rings. The summed E-state index contributed by atoms with van der Waals surface area (Å²) in [6.45, 7) is 5.75. The van der Waals surface area contributed by atoms with Gasteiger partial charge >= 0.3 is 0 Å². The highest BCUT2D eigenvalue weighted by atomic mass is 19.1. The van der Waals surface area contributed by atoms with E-state index in [1.807, 2.05) is 37.4 Å². The first kappa shape index (κ1) is 15.2. The molecule has 1 atom stereocenters.